The number of aliphatic hydroxyl groups excluding tert-OH is 1. The summed E-state index contributed by atoms with van der Waals surface area (Å²) in [7, 11) is 0. The lowest BCUT2D eigenvalue weighted by Crippen LogP contribution is -1.98. The van der Waals surface area contributed by atoms with Crippen LogP contribution in [0.3, 0.4) is 0 Å². The molecule has 1 atom stereocenters. The number of hydrogen-bond acceptors (Lipinski definition) is 2. The standard InChI is InChI=1S/C18H16OS/c1-11-5-10-16(20-11)18(19)15-9-8-13-7-6-12-3-2-4-14(15)17(12)13/h2-5,8-10,18-19H,6-7H2,1H3. The van der Waals surface area contributed by atoms with Crippen LogP contribution in [0.25, 0.3) is 10.8 Å². The fourth-order valence-electron chi connectivity index (χ4n) is 3.26. The van der Waals surface area contributed by atoms with Crippen molar-refractivity contribution >= 4 is 22.1 Å². The Bertz CT molecular complexity index is 790. The van der Waals surface area contributed by atoms with Gasteiger partial charge in [0.25, 0.3) is 0 Å². The molecule has 1 N–H and O–H groups in total. The molecular formula is C18H16OS. The zero-order valence-corrected chi connectivity index (χ0v) is 12.2. The van der Waals surface area contributed by atoms with E-state index in [4.69, 9.17) is 0 Å². The topological polar surface area (TPSA) is 20.2 Å². The largest absolute Gasteiger partial charge is 0.383 e. The lowest BCUT2D eigenvalue weighted by molar-refractivity contribution is 0.226. The zero-order chi connectivity index (χ0) is 13.7. The van der Waals surface area contributed by atoms with Gasteiger partial charge in [0.2, 0.25) is 0 Å². The lowest BCUT2D eigenvalue weighted by atomic mass is 9.96. The van der Waals surface area contributed by atoms with Gasteiger partial charge >= 0.3 is 0 Å². The van der Waals surface area contributed by atoms with Gasteiger partial charge < -0.3 is 5.11 Å². The third-order valence-electron chi connectivity index (χ3n) is 4.24. The molecule has 1 aromatic heterocycles. The van der Waals surface area contributed by atoms with Gasteiger partial charge in [-0.25, -0.2) is 0 Å². The fraction of sp³-hybridized carbons (Fsp3) is 0.222. The van der Waals surface area contributed by atoms with Crippen molar-refractivity contribution in [3.63, 3.8) is 0 Å². The fourth-order valence-corrected chi connectivity index (χ4v) is 4.14. The van der Waals surface area contributed by atoms with Gasteiger partial charge in [0.1, 0.15) is 6.10 Å². The third-order valence-corrected chi connectivity index (χ3v) is 5.29. The van der Waals surface area contributed by atoms with Gasteiger partial charge in [0, 0.05) is 9.75 Å². The van der Waals surface area contributed by atoms with Gasteiger partial charge in [-0.1, -0.05) is 30.3 Å². The van der Waals surface area contributed by atoms with Crippen LogP contribution in [0.2, 0.25) is 0 Å². The van der Waals surface area contributed by atoms with Gasteiger partial charge in [-0.3, -0.25) is 0 Å². The molecule has 3 aromatic rings. The van der Waals surface area contributed by atoms with E-state index in [0.29, 0.717) is 0 Å². The van der Waals surface area contributed by atoms with E-state index in [1.165, 1.54) is 26.8 Å². The molecule has 0 aliphatic heterocycles. The molecule has 1 heterocycles. The molecule has 1 unspecified atom stereocenters. The van der Waals surface area contributed by atoms with Crippen molar-refractivity contribution in [3.8, 4) is 0 Å². The minimum atomic E-state index is -0.515. The van der Waals surface area contributed by atoms with Crippen molar-refractivity contribution in [3.05, 3.63) is 68.9 Å². The summed E-state index contributed by atoms with van der Waals surface area (Å²) in [6.45, 7) is 2.08. The smallest absolute Gasteiger partial charge is 0.114 e. The summed E-state index contributed by atoms with van der Waals surface area (Å²) >= 11 is 1.67. The van der Waals surface area contributed by atoms with Crippen molar-refractivity contribution in [2.75, 3.05) is 0 Å². The Hall–Kier alpha value is -1.64. The molecule has 0 fully saturated rings. The number of aliphatic hydroxyl groups is 1. The van der Waals surface area contributed by atoms with Gasteiger partial charge in [-0.15, -0.1) is 11.3 Å². The lowest BCUT2D eigenvalue weighted by Gasteiger charge is -2.14. The normalized spacial score (nSPS) is 14.9. The van der Waals surface area contributed by atoms with E-state index in [1.54, 1.807) is 11.3 Å². The van der Waals surface area contributed by atoms with Crippen molar-refractivity contribution in [1.82, 2.24) is 0 Å². The summed E-state index contributed by atoms with van der Waals surface area (Å²) in [5, 5.41) is 13.3. The average molecular weight is 280 g/mol. The average Bonchev–Trinajstić information content (AvgIpc) is 3.07. The van der Waals surface area contributed by atoms with Crippen molar-refractivity contribution in [2.24, 2.45) is 0 Å². The Morgan fingerprint density at radius 2 is 1.80 bits per heavy atom. The molecule has 0 saturated heterocycles. The van der Waals surface area contributed by atoms with Crippen molar-refractivity contribution in [1.29, 1.82) is 0 Å². The predicted octanol–water partition coefficient (Wildman–Crippen LogP) is 4.39. The van der Waals surface area contributed by atoms with Crippen LogP contribution in [0, 0.1) is 6.92 Å². The first kappa shape index (κ1) is 12.1. The molecule has 0 spiro atoms. The molecule has 0 amide bonds. The minimum Gasteiger partial charge on any atom is -0.383 e. The van der Waals surface area contributed by atoms with Crippen LogP contribution in [0.4, 0.5) is 0 Å². The minimum absolute atomic E-state index is 0.515. The van der Waals surface area contributed by atoms with Crippen molar-refractivity contribution < 1.29 is 5.11 Å². The molecule has 20 heavy (non-hydrogen) atoms. The summed E-state index contributed by atoms with van der Waals surface area (Å²) < 4.78 is 0. The highest BCUT2D eigenvalue weighted by Crippen LogP contribution is 2.37. The Kier molecular flexibility index (Phi) is 2.69. The molecule has 2 aromatic carbocycles. The van der Waals surface area contributed by atoms with E-state index in [1.807, 2.05) is 6.07 Å². The molecule has 1 aliphatic carbocycles. The summed E-state index contributed by atoms with van der Waals surface area (Å²) in [5.74, 6) is 0. The van der Waals surface area contributed by atoms with Gasteiger partial charge in [-0.05, 0) is 59.4 Å². The maximum atomic E-state index is 10.7. The van der Waals surface area contributed by atoms with Crippen LogP contribution >= 0.6 is 11.3 Å². The summed E-state index contributed by atoms with van der Waals surface area (Å²) in [6.07, 6.45) is 1.74. The summed E-state index contributed by atoms with van der Waals surface area (Å²) in [5.41, 5.74) is 3.89. The van der Waals surface area contributed by atoms with Crippen LogP contribution in [0.15, 0.2) is 42.5 Å². The molecule has 100 valence electrons. The number of benzene rings is 2. The maximum absolute atomic E-state index is 10.7. The Labute approximate surface area is 122 Å². The second kappa shape index (κ2) is 4.44. The van der Waals surface area contributed by atoms with Crippen LogP contribution in [0.1, 0.15) is 32.5 Å². The molecule has 0 bridgehead atoms. The van der Waals surface area contributed by atoms with Crippen LogP contribution in [0.5, 0.6) is 0 Å². The molecular weight excluding hydrogens is 264 g/mol. The second-order valence-corrected chi connectivity index (χ2v) is 6.82. The highest BCUT2D eigenvalue weighted by molar-refractivity contribution is 7.12. The van der Waals surface area contributed by atoms with Gasteiger partial charge in [-0.2, -0.15) is 0 Å². The van der Waals surface area contributed by atoms with Crippen LogP contribution in [-0.4, -0.2) is 5.11 Å². The molecule has 4 rings (SSSR count). The second-order valence-electron chi connectivity index (χ2n) is 5.50. The predicted molar refractivity (Wildman–Crippen MR) is 84.5 cm³/mol. The maximum Gasteiger partial charge on any atom is 0.114 e. The van der Waals surface area contributed by atoms with E-state index in [0.717, 1.165) is 23.3 Å². The summed E-state index contributed by atoms with van der Waals surface area (Å²) in [6, 6.07) is 14.9. The first-order valence-corrected chi connectivity index (χ1v) is 7.83. The molecule has 2 heteroatoms. The number of thiophene rings is 1. The van der Waals surface area contributed by atoms with E-state index in [2.05, 4.69) is 43.3 Å². The van der Waals surface area contributed by atoms with E-state index >= 15 is 0 Å². The summed E-state index contributed by atoms with van der Waals surface area (Å²) in [4.78, 5) is 2.27. The van der Waals surface area contributed by atoms with Gasteiger partial charge in [0.05, 0.1) is 0 Å². The molecule has 0 radical (unpaired) electrons. The highest BCUT2D eigenvalue weighted by atomic mass is 32.1. The van der Waals surface area contributed by atoms with E-state index in [9.17, 15) is 5.11 Å². The van der Waals surface area contributed by atoms with E-state index in [-0.39, 0.29) is 0 Å². The van der Waals surface area contributed by atoms with Crippen LogP contribution < -0.4 is 0 Å². The molecule has 1 nitrogen and oxygen atoms in total. The number of rotatable bonds is 2. The third kappa shape index (κ3) is 1.72. The first-order chi connectivity index (χ1) is 9.74. The quantitative estimate of drug-likeness (QED) is 0.738. The Morgan fingerprint density at radius 1 is 1.00 bits per heavy atom. The number of hydrogen-bond donors (Lipinski definition) is 1. The van der Waals surface area contributed by atoms with Gasteiger partial charge in [0.15, 0.2) is 0 Å². The van der Waals surface area contributed by atoms with Crippen LogP contribution in [-0.2, 0) is 12.8 Å². The number of aryl methyl sites for hydroxylation is 3. The zero-order valence-electron chi connectivity index (χ0n) is 11.4. The highest BCUT2D eigenvalue weighted by Gasteiger charge is 2.20. The monoisotopic (exact) mass is 280 g/mol. The molecule has 0 saturated carbocycles. The Balaban J connectivity index is 1.93. The Morgan fingerprint density at radius 3 is 2.55 bits per heavy atom. The van der Waals surface area contributed by atoms with Crippen molar-refractivity contribution in [2.45, 2.75) is 25.9 Å². The SMILES string of the molecule is Cc1ccc(C(O)c2ccc3c4c(cccc24)CC3)s1. The first-order valence-electron chi connectivity index (χ1n) is 7.02. The van der Waals surface area contributed by atoms with E-state index < -0.39 is 6.10 Å². The molecule has 1 aliphatic rings.